The van der Waals surface area contributed by atoms with Gasteiger partial charge in [-0.05, 0) is 28.4 Å². The number of benzene rings is 1. The lowest BCUT2D eigenvalue weighted by Gasteiger charge is -2.06. The number of nitrogens with one attached hydrogen (secondary N) is 1. The van der Waals surface area contributed by atoms with E-state index >= 15 is 0 Å². The second-order valence-corrected chi connectivity index (χ2v) is 4.32. The molecule has 0 fully saturated rings. The highest BCUT2D eigenvalue weighted by atomic mass is 79.9. The van der Waals surface area contributed by atoms with Crippen LogP contribution in [0.25, 0.3) is 0 Å². The van der Waals surface area contributed by atoms with E-state index in [-0.39, 0.29) is 22.5 Å². The van der Waals surface area contributed by atoms with Gasteiger partial charge in [-0.2, -0.15) is 0 Å². The van der Waals surface area contributed by atoms with Crippen LogP contribution in [0, 0.1) is 11.6 Å². The van der Waals surface area contributed by atoms with E-state index in [1.807, 2.05) is 0 Å². The van der Waals surface area contributed by atoms with Crippen molar-refractivity contribution >= 4 is 39.1 Å². The standard InChI is InChI=1S/C10H9BrClF2NO/c11-6-4-9(8(14)5-7(6)13)15-10(16)2-1-3-12/h4-5H,1-3H2,(H,15,16). The maximum atomic E-state index is 13.2. The first kappa shape index (κ1) is 13.4. The zero-order chi connectivity index (χ0) is 12.1. The molecule has 1 N–H and O–H groups in total. The van der Waals surface area contributed by atoms with Gasteiger partial charge in [0.2, 0.25) is 5.91 Å². The predicted octanol–water partition coefficient (Wildman–Crippen LogP) is 3.68. The fourth-order valence-corrected chi connectivity index (χ4v) is 1.54. The van der Waals surface area contributed by atoms with Crippen LogP contribution in [0.15, 0.2) is 16.6 Å². The molecule has 0 radical (unpaired) electrons. The molecule has 0 bridgehead atoms. The van der Waals surface area contributed by atoms with Gasteiger partial charge < -0.3 is 5.32 Å². The molecule has 0 spiro atoms. The van der Waals surface area contributed by atoms with E-state index in [1.54, 1.807) is 0 Å². The molecule has 2 nitrogen and oxygen atoms in total. The van der Waals surface area contributed by atoms with Crippen molar-refractivity contribution in [3.05, 3.63) is 28.2 Å². The van der Waals surface area contributed by atoms with Crippen LogP contribution in [0.3, 0.4) is 0 Å². The molecule has 0 aliphatic carbocycles. The Morgan fingerprint density at radius 1 is 1.38 bits per heavy atom. The molecule has 6 heteroatoms. The summed E-state index contributed by atoms with van der Waals surface area (Å²) in [6, 6.07) is 1.89. The predicted molar refractivity (Wildman–Crippen MR) is 62.6 cm³/mol. The van der Waals surface area contributed by atoms with Crippen molar-refractivity contribution in [2.24, 2.45) is 0 Å². The van der Waals surface area contributed by atoms with Crippen molar-refractivity contribution < 1.29 is 13.6 Å². The zero-order valence-electron chi connectivity index (χ0n) is 8.20. The van der Waals surface area contributed by atoms with E-state index in [2.05, 4.69) is 21.2 Å². The van der Waals surface area contributed by atoms with Gasteiger partial charge in [0, 0.05) is 18.4 Å². The van der Waals surface area contributed by atoms with Crippen LogP contribution >= 0.6 is 27.5 Å². The Bertz CT molecular complexity index is 401. The summed E-state index contributed by atoms with van der Waals surface area (Å²) in [5.74, 6) is -1.50. The molecule has 1 aromatic carbocycles. The lowest BCUT2D eigenvalue weighted by molar-refractivity contribution is -0.116. The highest BCUT2D eigenvalue weighted by Crippen LogP contribution is 2.23. The molecule has 0 saturated heterocycles. The van der Waals surface area contributed by atoms with Gasteiger partial charge in [-0.1, -0.05) is 0 Å². The Hall–Kier alpha value is -0.680. The Morgan fingerprint density at radius 3 is 2.69 bits per heavy atom. The summed E-state index contributed by atoms with van der Waals surface area (Å²) in [6.45, 7) is 0. The van der Waals surface area contributed by atoms with Crippen molar-refractivity contribution in [2.75, 3.05) is 11.2 Å². The number of rotatable bonds is 4. The molecule has 88 valence electrons. The highest BCUT2D eigenvalue weighted by Gasteiger charge is 2.10. The molecular formula is C10H9BrClF2NO. The normalized spacial score (nSPS) is 10.2. The maximum Gasteiger partial charge on any atom is 0.224 e. The summed E-state index contributed by atoms with van der Waals surface area (Å²) < 4.78 is 26.2. The molecule has 0 aliphatic rings. The highest BCUT2D eigenvalue weighted by molar-refractivity contribution is 9.10. The topological polar surface area (TPSA) is 29.1 Å². The number of hydrogen-bond donors (Lipinski definition) is 1. The van der Waals surface area contributed by atoms with Gasteiger partial charge in [-0.3, -0.25) is 4.79 Å². The molecule has 16 heavy (non-hydrogen) atoms. The molecule has 1 aromatic rings. The third-order valence-corrected chi connectivity index (χ3v) is 2.70. The van der Waals surface area contributed by atoms with Gasteiger partial charge in [-0.25, -0.2) is 8.78 Å². The van der Waals surface area contributed by atoms with Crippen LogP contribution in [-0.4, -0.2) is 11.8 Å². The van der Waals surface area contributed by atoms with Crippen molar-refractivity contribution in [1.82, 2.24) is 0 Å². The summed E-state index contributed by atoms with van der Waals surface area (Å²) in [7, 11) is 0. The smallest absolute Gasteiger partial charge is 0.224 e. The number of carbonyl (C=O) groups is 1. The number of amides is 1. The number of anilines is 1. The van der Waals surface area contributed by atoms with Gasteiger partial charge in [0.1, 0.15) is 11.6 Å². The van der Waals surface area contributed by atoms with Crippen LogP contribution in [0.2, 0.25) is 0 Å². The molecule has 1 rings (SSSR count). The molecule has 0 unspecified atom stereocenters. The average molecular weight is 313 g/mol. The van der Waals surface area contributed by atoms with E-state index in [1.165, 1.54) is 6.07 Å². The first-order valence-electron chi connectivity index (χ1n) is 4.55. The zero-order valence-corrected chi connectivity index (χ0v) is 10.5. The SMILES string of the molecule is O=C(CCCCl)Nc1cc(Br)c(F)cc1F. The minimum absolute atomic E-state index is 0.0483. The first-order chi connectivity index (χ1) is 7.54. The summed E-state index contributed by atoms with van der Waals surface area (Å²) in [6.07, 6.45) is 0.718. The summed E-state index contributed by atoms with van der Waals surface area (Å²) in [5.41, 5.74) is -0.0483. The molecule has 1 amide bonds. The summed E-state index contributed by atoms with van der Waals surface area (Å²) in [5, 5.41) is 2.34. The Kier molecular flexibility index (Phi) is 5.15. The number of hydrogen-bond acceptors (Lipinski definition) is 1. The fraction of sp³-hybridized carbons (Fsp3) is 0.300. The Morgan fingerprint density at radius 2 is 2.06 bits per heavy atom. The molecule has 0 atom stereocenters. The minimum atomic E-state index is -0.806. The van der Waals surface area contributed by atoms with Crippen LogP contribution in [0.4, 0.5) is 14.5 Å². The summed E-state index contributed by atoms with van der Waals surface area (Å²) in [4.78, 5) is 11.3. The largest absolute Gasteiger partial charge is 0.324 e. The van der Waals surface area contributed by atoms with E-state index in [0.29, 0.717) is 18.4 Å². The molecule has 0 heterocycles. The van der Waals surface area contributed by atoms with Gasteiger partial charge >= 0.3 is 0 Å². The fourth-order valence-electron chi connectivity index (χ4n) is 1.06. The number of alkyl halides is 1. The number of carbonyl (C=O) groups excluding carboxylic acids is 1. The Balaban J connectivity index is 2.73. The quantitative estimate of drug-likeness (QED) is 0.667. The van der Waals surface area contributed by atoms with Crippen LogP contribution in [-0.2, 0) is 4.79 Å². The molecule has 0 aromatic heterocycles. The average Bonchev–Trinajstić information content (AvgIpc) is 2.23. The van der Waals surface area contributed by atoms with Gasteiger partial charge in [0.15, 0.2) is 0 Å². The lowest BCUT2D eigenvalue weighted by Crippen LogP contribution is -2.12. The van der Waals surface area contributed by atoms with Crippen molar-refractivity contribution in [3.63, 3.8) is 0 Å². The van der Waals surface area contributed by atoms with E-state index in [9.17, 15) is 13.6 Å². The minimum Gasteiger partial charge on any atom is -0.324 e. The second kappa shape index (κ2) is 6.15. The van der Waals surface area contributed by atoms with Gasteiger partial charge in [0.05, 0.1) is 10.2 Å². The van der Waals surface area contributed by atoms with Crippen molar-refractivity contribution in [2.45, 2.75) is 12.8 Å². The third kappa shape index (κ3) is 3.72. The number of halogens is 4. The third-order valence-electron chi connectivity index (χ3n) is 1.82. The maximum absolute atomic E-state index is 13.2. The van der Waals surface area contributed by atoms with E-state index in [0.717, 1.165) is 0 Å². The monoisotopic (exact) mass is 311 g/mol. The molecule has 0 saturated carbocycles. The van der Waals surface area contributed by atoms with Gasteiger partial charge in [0.25, 0.3) is 0 Å². The lowest BCUT2D eigenvalue weighted by atomic mass is 10.2. The molecule has 0 aliphatic heterocycles. The van der Waals surface area contributed by atoms with Crippen molar-refractivity contribution in [3.8, 4) is 0 Å². The molecular weight excluding hydrogens is 303 g/mol. The van der Waals surface area contributed by atoms with E-state index in [4.69, 9.17) is 11.6 Å². The van der Waals surface area contributed by atoms with Gasteiger partial charge in [-0.15, -0.1) is 11.6 Å². The Labute approximate surface area is 105 Å². The van der Waals surface area contributed by atoms with Crippen LogP contribution in [0.1, 0.15) is 12.8 Å². The van der Waals surface area contributed by atoms with Crippen LogP contribution < -0.4 is 5.32 Å². The van der Waals surface area contributed by atoms with Crippen molar-refractivity contribution in [1.29, 1.82) is 0 Å². The van der Waals surface area contributed by atoms with E-state index < -0.39 is 11.6 Å². The second-order valence-electron chi connectivity index (χ2n) is 3.09. The van der Waals surface area contributed by atoms with Crippen LogP contribution in [0.5, 0.6) is 0 Å². The summed E-state index contributed by atoms with van der Waals surface area (Å²) >= 11 is 8.32. The first-order valence-corrected chi connectivity index (χ1v) is 5.87.